The van der Waals surface area contributed by atoms with E-state index in [1.165, 1.54) is 16.9 Å². The summed E-state index contributed by atoms with van der Waals surface area (Å²) >= 11 is 9.05. The van der Waals surface area contributed by atoms with Crippen molar-refractivity contribution in [2.75, 3.05) is 5.32 Å². The van der Waals surface area contributed by atoms with Crippen molar-refractivity contribution in [2.24, 2.45) is 0 Å². The number of thiazole rings is 2. The predicted octanol–water partition coefficient (Wildman–Crippen LogP) is 6.21. The summed E-state index contributed by atoms with van der Waals surface area (Å²) in [5, 5.41) is 6.34. The molecule has 0 unspecified atom stereocenters. The Kier molecular flexibility index (Phi) is 5.02. The van der Waals surface area contributed by atoms with Gasteiger partial charge in [0.2, 0.25) is 5.91 Å². The molecule has 0 aliphatic rings. The molecule has 0 fully saturated rings. The number of hydrogen-bond donors (Lipinski definition) is 1. The van der Waals surface area contributed by atoms with Crippen LogP contribution in [0.25, 0.3) is 26.4 Å². The maximum absolute atomic E-state index is 12.5. The van der Waals surface area contributed by atoms with Gasteiger partial charge in [-0.25, -0.2) is 9.97 Å². The molecule has 0 spiro atoms. The first-order valence-electron chi connectivity index (χ1n) is 9.43. The SMILES string of the molecule is Cc1ccc2nc(NC(=O)CCc3csc4nc(-c5ccc(Cl)cc5)cn34)sc2c1. The Hall–Kier alpha value is -2.74. The maximum atomic E-state index is 12.5. The van der Waals surface area contributed by atoms with Crippen molar-refractivity contribution in [3.63, 3.8) is 0 Å². The number of amides is 1. The molecule has 0 bridgehead atoms. The first kappa shape index (κ1) is 19.2. The van der Waals surface area contributed by atoms with Gasteiger partial charge in [0.1, 0.15) is 0 Å². The number of aryl methyl sites for hydroxylation is 2. The molecule has 1 N–H and O–H groups in total. The fraction of sp³-hybridized carbons (Fsp3) is 0.136. The van der Waals surface area contributed by atoms with Crippen LogP contribution >= 0.6 is 34.3 Å². The number of carbonyl (C=O) groups is 1. The van der Waals surface area contributed by atoms with Crippen LogP contribution in [0.2, 0.25) is 5.02 Å². The number of halogens is 1. The Morgan fingerprint density at radius 3 is 2.83 bits per heavy atom. The minimum atomic E-state index is -0.0387. The van der Waals surface area contributed by atoms with Gasteiger partial charge in [0.25, 0.3) is 0 Å². The van der Waals surface area contributed by atoms with E-state index in [9.17, 15) is 4.79 Å². The van der Waals surface area contributed by atoms with E-state index in [1.807, 2.05) is 49.5 Å². The third-order valence-corrected chi connectivity index (χ3v) is 6.90. The number of fused-ring (bicyclic) bond motifs is 2. The van der Waals surface area contributed by atoms with Gasteiger partial charge < -0.3 is 5.32 Å². The Labute approximate surface area is 186 Å². The van der Waals surface area contributed by atoms with Gasteiger partial charge in [-0.15, -0.1) is 11.3 Å². The second-order valence-corrected chi connectivity index (χ2v) is 9.35. The van der Waals surface area contributed by atoms with Crippen LogP contribution in [0, 0.1) is 6.92 Å². The van der Waals surface area contributed by atoms with Crippen LogP contribution in [0.5, 0.6) is 0 Å². The van der Waals surface area contributed by atoms with E-state index < -0.39 is 0 Å². The van der Waals surface area contributed by atoms with Gasteiger partial charge in [0.15, 0.2) is 10.1 Å². The molecule has 3 aromatic heterocycles. The summed E-state index contributed by atoms with van der Waals surface area (Å²) in [7, 11) is 0. The molecule has 30 heavy (non-hydrogen) atoms. The summed E-state index contributed by atoms with van der Waals surface area (Å²) in [6, 6.07) is 13.7. The molecule has 2 aromatic carbocycles. The lowest BCUT2D eigenvalue weighted by atomic mass is 10.2. The fourth-order valence-corrected chi connectivity index (χ4v) is 5.29. The van der Waals surface area contributed by atoms with E-state index in [-0.39, 0.29) is 5.91 Å². The lowest BCUT2D eigenvalue weighted by Crippen LogP contribution is -2.12. The summed E-state index contributed by atoms with van der Waals surface area (Å²) in [6.07, 6.45) is 3.03. The molecular weight excluding hydrogens is 436 g/mol. The molecule has 8 heteroatoms. The quantitative estimate of drug-likeness (QED) is 0.345. The molecule has 5 rings (SSSR count). The van der Waals surface area contributed by atoms with Gasteiger partial charge in [-0.05, 0) is 43.2 Å². The van der Waals surface area contributed by atoms with Crippen molar-refractivity contribution in [1.29, 1.82) is 0 Å². The summed E-state index contributed by atoms with van der Waals surface area (Å²) in [4.78, 5) is 22.6. The Balaban J connectivity index is 1.28. The number of nitrogens with zero attached hydrogens (tertiary/aromatic N) is 3. The van der Waals surface area contributed by atoms with Crippen LogP contribution in [0.4, 0.5) is 5.13 Å². The minimum absolute atomic E-state index is 0.0387. The van der Waals surface area contributed by atoms with Crippen molar-refractivity contribution in [1.82, 2.24) is 14.4 Å². The van der Waals surface area contributed by atoms with Gasteiger partial charge in [-0.1, -0.05) is 41.1 Å². The van der Waals surface area contributed by atoms with Crippen molar-refractivity contribution >= 4 is 60.5 Å². The zero-order valence-corrected chi connectivity index (χ0v) is 18.4. The van der Waals surface area contributed by atoms with Gasteiger partial charge in [0, 0.05) is 34.3 Å². The molecule has 0 atom stereocenters. The van der Waals surface area contributed by atoms with Gasteiger partial charge in [-0.3, -0.25) is 9.20 Å². The Bertz CT molecular complexity index is 1370. The molecule has 3 heterocycles. The molecule has 1 amide bonds. The molecule has 0 saturated heterocycles. The van der Waals surface area contributed by atoms with E-state index in [2.05, 4.69) is 31.1 Å². The number of anilines is 1. The van der Waals surface area contributed by atoms with E-state index in [4.69, 9.17) is 11.6 Å². The lowest BCUT2D eigenvalue weighted by Gasteiger charge is -2.01. The summed E-state index contributed by atoms with van der Waals surface area (Å²) in [5.74, 6) is -0.0387. The number of aromatic nitrogens is 3. The summed E-state index contributed by atoms with van der Waals surface area (Å²) in [6.45, 7) is 2.05. The molecule has 150 valence electrons. The predicted molar refractivity (Wildman–Crippen MR) is 125 cm³/mol. The third-order valence-electron chi connectivity index (χ3n) is 4.82. The normalized spacial score (nSPS) is 11.4. The van der Waals surface area contributed by atoms with Crippen LogP contribution in [0.1, 0.15) is 17.7 Å². The highest BCUT2D eigenvalue weighted by Crippen LogP contribution is 2.28. The van der Waals surface area contributed by atoms with E-state index in [1.54, 1.807) is 11.3 Å². The summed E-state index contributed by atoms with van der Waals surface area (Å²) in [5.41, 5.74) is 5.08. The highest BCUT2D eigenvalue weighted by atomic mass is 35.5. The monoisotopic (exact) mass is 452 g/mol. The van der Waals surface area contributed by atoms with E-state index in [0.717, 1.165) is 32.1 Å². The number of benzene rings is 2. The summed E-state index contributed by atoms with van der Waals surface area (Å²) < 4.78 is 3.14. The maximum Gasteiger partial charge on any atom is 0.226 e. The molecule has 5 aromatic rings. The number of hydrogen-bond acceptors (Lipinski definition) is 5. The standard InChI is InChI=1S/C22H17ClN4OS2/c1-13-2-8-17-19(10-13)30-21(24-17)26-20(28)9-7-16-12-29-22-25-18(11-27(16)22)14-3-5-15(23)6-4-14/h2-6,8,10-12H,7,9H2,1H3,(H,24,26,28). The average molecular weight is 453 g/mol. The molecular formula is C22H17ClN4OS2. The fourth-order valence-electron chi connectivity index (χ4n) is 3.28. The average Bonchev–Trinajstić information content (AvgIpc) is 3.40. The van der Waals surface area contributed by atoms with Crippen molar-refractivity contribution in [3.05, 3.63) is 70.3 Å². The molecule has 5 nitrogen and oxygen atoms in total. The van der Waals surface area contributed by atoms with Crippen LogP contribution in [0.15, 0.2) is 54.0 Å². The molecule has 0 aliphatic carbocycles. The van der Waals surface area contributed by atoms with E-state index in [0.29, 0.717) is 23.0 Å². The topological polar surface area (TPSA) is 59.3 Å². The van der Waals surface area contributed by atoms with Crippen LogP contribution < -0.4 is 5.32 Å². The minimum Gasteiger partial charge on any atom is -0.302 e. The van der Waals surface area contributed by atoms with Crippen LogP contribution in [-0.2, 0) is 11.2 Å². The largest absolute Gasteiger partial charge is 0.302 e. The van der Waals surface area contributed by atoms with Crippen molar-refractivity contribution in [3.8, 4) is 11.3 Å². The van der Waals surface area contributed by atoms with Gasteiger partial charge >= 0.3 is 0 Å². The zero-order valence-electron chi connectivity index (χ0n) is 16.1. The second kappa shape index (κ2) is 7.83. The van der Waals surface area contributed by atoms with Crippen LogP contribution in [0.3, 0.4) is 0 Å². The van der Waals surface area contributed by atoms with Crippen molar-refractivity contribution in [2.45, 2.75) is 19.8 Å². The highest BCUT2D eigenvalue weighted by molar-refractivity contribution is 7.22. The highest BCUT2D eigenvalue weighted by Gasteiger charge is 2.13. The zero-order chi connectivity index (χ0) is 20.7. The second-order valence-electron chi connectivity index (χ2n) is 7.05. The molecule has 0 radical (unpaired) electrons. The third kappa shape index (κ3) is 3.84. The lowest BCUT2D eigenvalue weighted by molar-refractivity contribution is -0.116. The Morgan fingerprint density at radius 2 is 2.00 bits per heavy atom. The molecule has 0 aliphatic heterocycles. The van der Waals surface area contributed by atoms with Gasteiger partial charge in [0.05, 0.1) is 15.9 Å². The number of carbonyl (C=O) groups excluding carboxylic acids is 1. The van der Waals surface area contributed by atoms with E-state index >= 15 is 0 Å². The van der Waals surface area contributed by atoms with Crippen molar-refractivity contribution < 1.29 is 4.79 Å². The van der Waals surface area contributed by atoms with Gasteiger partial charge in [-0.2, -0.15) is 0 Å². The number of nitrogens with one attached hydrogen (secondary N) is 1. The number of imidazole rings is 1. The Morgan fingerprint density at radius 1 is 1.17 bits per heavy atom. The van der Waals surface area contributed by atoms with Crippen LogP contribution in [-0.4, -0.2) is 20.3 Å². The first-order valence-corrected chi connectivity index (χ1v) is 11.5. The first-order chi connectivity index (χ1) is 14.5. The smallest absolute Gasteiger partial charge is 0.226 e. The molecule has 0 saturated carbocycles. The number of rotatable bonds is 5.